The number of amides is 1. The van der Waals surface area contributed by atoms with Crippen LogP contribution in [0.4, 0.5) is 5.69 Å². The molecule has 0 aromatic heterocycles. The smallest absolute Gasteiger partial charge is 0.344 e. The minimum atomic E-state index is -2.19. The summed E-state index contributed by atoms with van der Waals surface area (Å²) in [6.45, 7) is 3.30. The van der Waals surface area contributed by atoms with Gasteiger partial charge in [0.1, 0.15) is 11.5 Å². The van der Waals surface area contributed by atoms with Crippen molar-refractivity contribution in [2.75, 3.05) is 53.6 Å². The molecule has 3 atom stereocenters. The lowest BCUT2D eigenvalue weighted by Crippen LogP contribution is -2.41. The standard InChI is InChI=1S/C30H37N3O8S/c1-4-39-30(36)20-40-23-9-7-8-21(16-23)27(18-33-15-14-22(34)17-33)32(2)29(35)19-41-28-13-12-26(31-42(37)38-3)24-10-5-6-11-25(24)28/h5-13,16,22,27,34,42H,4,14-15,17-20H2,1-3H3/t22-,27?/m0/s1. The van der Waals surface area contributed by atoms with Crippen LogP contribution in [0.3, 0.4) is 0 Å². The van der Waals surface area contributed by atoms with E-state index in [2.05, 4.69) is 9.26 Å². The predicted octanol–water partition coefficient (Wildman–Crippen LogP) is 3.28. The van der Waals surface area contributed by atoms with E-state index in [4.69, 9.17) is 18.4 Å². The Labute approximate surface area is 247 Å². The molecule has 0 spiro atoms. The number of thiol groups is 1. The number of ether oxygens (including phenoxy) is 3. The Bertz CT molecular complexity index is 1480. The number of esters is 1. The Balaban J connectivity index is 1.52. The van der Waals surface area contributed by atoms with Crippen LogP contribution in [0.15, 0.2) is 65.0 Å². The number of carbonyl (C=O) groups excluding carboxylic acids is 2. The number of aliphatic hydroxyl groups excluding tert-OH is 1. The maximum absolute atomic E-state index is 13.5. The molecule has 1 N–H and O–H groups in total. The van der Waals surface area contributed by atoms with E-state index < -0.39 is 23.0 Å². The minimum absolute atomic E-state index is 0.217. The van der Waals surface area contributed by atoms with Crippen LogP contribution in [0.25, 0.3) is 10.8 Å². The van der Waals surface area contributed by atoms with Crippen molar-refractivity contribution in [2.24, 2.45) is 4.36 Å². The molecule has 0 radical (unpaired) electrons. The number of benzene rings is 3. The number of fused-ring (bicyclic) bond motifs is 1. The molecular weight excluding hydrogens is 562 g/mol. The second kappa shape index (κ2) is 15.0. The van der Waals surface area contributed by atoms with Crippen LogP contribution in [0.2, 0.25) is 0 Å². The van der Waals surface area contributed by atoms with E-state index in [1.54, 1.807) is 37.1 Å². The first-order valence-corrected chi connectivity index (χ1v) is 14.8. The summed E-state index contributed by atoms with van der Waals surface area (Å²) >= 11 is 0. The van der Waals surface area contributed by atoms with Crippen molar-refractivity contribution in [3.63, 3.8) is 0 Å². The fourth-order valence-corrected chi connectivity index (χ4v) is 5.28. The number of rotatable bonds is 13. The quantitative estimate of drug-likeness (QED) is 0.225. The molecule has 0 bridgehead atoms. The summed E-state index contributed by atoms with van der Waals surface area (Å²) in [4.78, 5) is 29.0. The van der Waals surface area contributed by atoms with E-state index in [0.717, 1.165) is 16.3 Å². The van der Waals surface area contributed by atoms with Gasteiger partial charge in [0.25, 0.3) is 5.91 Å². The molecule has 0 aliphatic carbocycles. The third-order valence-electron chi connectivity index (χ3n) is 7.00. The van der Waals surface area contributed by atoms with Gasteiger partial charge in [-0.3, -0.25) is 13.9 Å². The van der Waals surface area contributed by atoms with Gasteiger partial charge in [-0.05, 0) is 43.2 Å². The summed E-state index contributed by atoms with van der Waals surface area (Å²) in [5, 5.41) is 11.5. The van der Waals surface area contributed by atoms with Crippen LogP contribution in [-0.2, 0) is 29.4 Å². The van der Waals surface area contributed by atoms with Crippen molar-refractivity contribution >= 4 is 39.2 Å². The number of likely N-dealkylation sites (tertiary alicyclic amines) is 1. The number of hydrogen-bond donors (Lipinski definition) is 2. The summed E-state index contributed by atoms with van der Waals surface area (Å²) in [6, 6.07) is 17.6. The van der Waals surface area contributed by atoms with Crippen molar-refractivity contribution in [2.45, 2.75) is 25.5 Å². The summed E-state index contributed by atoms with van der Waals surface area (Å²) in [7, 11) is 0.857. The van der Waals surface area contributed by atoms with Gasteiger partial charge in [0.2, 0.25) is 0 Å². The van der Waals surface area contributed by atoms with E-state index in [1.807, 2.05) is 42.5 Å². The average molecular weight is 600 g/mol. The lowest BCUT2D eigenvalue weighted by atomic mass is 10.0. The molecule has 1 aliphatic heterocycles. The Kier molecular flexibility index (Phi) is 11.1. The molecule has 0 saturated carbocycles. The van der Waals surface area contributed by atoms with Crippen molar-refractivity contribution in [3.8, 4) is 11.5 Å². The number of aliphatic hydroxyl groups is 1. The monoisotopic (exact) mass is 599 g/mol. The van der Waals surface area contributed by atoms with Crippen LogP contribution in [0.5, 0.6) is 11.5 Å². The minimum Gasteiger partial charge on any atom is -0.483 e. The molecule has 1 saturated heterocycles. The number of β-amino-alcohol motifs (C(OH)–C–C–N with tert-alkyl or cyclic N) is 1. The highest BCUT2D eigenvalue weighted by atomic mass is 32.2. The first kappa shape index (κ1) is 31.2. The summed E-state index contributed by atoms with van der Waals surface area (Å²) in [5.41, 5.74) is 1.32. The molecule has 226 valence electrons. The number of hydrogen-bond acceptors (Lipinski definition) is 10. The van der Waals surface area contributed by atoms with Crippen molar-refractivity contribution in [1.29, 1.82) is 0 Å². The van der Waals surface area contributed by atoms with E-state index >= 15 is 0 Å². The molecule has 4 rings (SSSR count). The van der Waals surface area contributed by atoms with Crippen LogP contribution in [0.1, 0.15) is 24.9 Å². The molecule has 1 fully saturated rings. The predicted molar refractivity (Wildman–Crippen MR) is 159 cm³/mol. The maximum atomic E-state index is 13.5. The topological polar surface area (TPSA) is 127 Å². The largest absolute Gasteiger partial charge is 0.483 e. The van der Waals surface area contributed by atoms with Crippen LogP contribution >= 0.6 is 0 Å². The molecule has 1 heterocycles. The third-order valence-corrected chi connectivity index (χ3v) is 7.69. The molecule has 2 unspecified atom stereocenters. The van der Waals surface area contributed by atoms with Gasteiger partial charge in [-0.15, -0.1) is 0 Å². The van der Waals surface area contributed by atoms with Gasteiger partial charge in [-0.2, -0.15) is 4.36 Å². The van der Waals surface area contributed by atoms with Crippen molar-refractivity contribution in [3.05, 3.63) is 66.2 Å². The Hall–Kier alpha value is -3.71. The SMILES string of the molecule is CCOC(=O)COc1cccc(C(CN2CC[C@H](O)C2)N(C)C(=O)COc2ccc(N=[SH](=O)OC)c3ccccc23)c1. The molecule has 1 amide bonds. The van der Waals surface area contributed by atoms with Crippen LogP contribution in [-0.4, -0.2) is 90.7 Å². The Morgan fingerprint density at radius 2 is 1.88 bits per heavy atom. The Morgan fingerprint density at radius 1 is 1.10 bits per heavy atom. The van der Waals surface area contributed by atoms with E-state index in [0.29, 0.717) is 43.2 Å². The lowest BCUT2D eigenvalue weighted by Gasteiger charge is -2.32. The van der Waals surface area contributed by atoms with Gasteiger partial charge in [-0.1, -0.05) is 36.4 Å². The van der Waals surface area contributed by atoms with Gasteiger partial charge in [0, 0.05) is 37.5 Å². The number of carbonyl (C=O) groups is 2. The molecular formula is C30H37N3O8S. The lowest BCUT2D eigenvalue weighted by molar-refractivity contribution is -0.145. The van der Waals surface area contributed by atoms with Crippen molar-refractivity contribution < 1.29 is 37.3 Å². The van der Waals surface area contributed by atoms with Gasteiger partial charge >= 0.3 is 5.97 Å². The van der Waals surface area contributed by atoms with E-state index in [9.17, 15) is 18.9 Å². The van der Waals surface area contributed by atoms with Crippen molar-refractivity contribution in [1.82, 2.24) is 9.80 Å². The Morgan fingerprint density at radius 3 is 2.60 bits per heavy atom. The molecule has 11 nitrogen and oxygen atoms in total. The second-order valence-corrected chi connectivity index (χ2v) is 10.9. The molecule has 42 heavy (non-hydrogen) atoms. The normalized spacial score (nSPS) is 16.7. The fraction of sp³-hybridized carbons (Fsp3) is 0.400. The highest BCUT2D eigenvalue weighted by molar-refractivity contribution is 7.69. The van der Waals surface area contributed by atoms with Gasteiger partial charge in [0.05, 0.1) is 31.5 Å². The van der Waals surface area contributed by atoms with Crippen LogP contribution in [0, 0.1) is 0 Å². The van der Waals surface area contributed by atoms with Crippen LogP contribution < -0.4 is 9.47 Å². The highest BCUT2D eigenvalue weighted by Gasteiger charge is 2.29. The zero-order valence-corrected chi connectivity index (χ0v) is 24.9. The summed E-state index contributed by atoms with van der Waals surface area (Å²) < 4.78 is 37.4. The molecule has 12 heteroatoms. The second-order valence-electron chi connectivity index (χ2n) is 9.83. The highest BCUT2D eigenvalue weighted by Crippen LogP contribution is 2.34. The summed E-state index contributed by atoms with van der Waals surface area (Å²) in [6.07, 6.45) is 0.267. The first-order chi connectivity index (χ1) is 20.3. The summed E-state index contributed by atoms with van der Waals surface area (Å²) in [5.74, 6) is 0.262. The van der Waals surface area contributed by atoms with Gasteiger partial charge in [-0.25, -0.2) is 9.00 Å². The zero-order valence-electron chi connectivity index (χ0n) is 24.0. The molecule has 3 aromatic carbocycles. The average Bonchev–Trinajstić information content (AvgIpc) is 3.42. The number of nitrogens with zero attached hydrogens (tertiary/aromatic N) is 3. The first-order valence-electron chi connectivity index (χ1n) is 13.7. The maximum Gasteiger partial charge on any atom is 0.344 e. The number of likely N-dealkylation sites (N-methyl/N-ethyl adjacent to an activating group) is 1. The van der Waals surface area contributed by atoms with Gasteiger partial charge < -0.3 is 24.2 Å². The third kappa shape index (κ3) is 8.19. The van der Waals surface area contributed by atoms with E-state index in [-0.39, 0.29) is 31.8 Å². The van der Waals surface area contributed by atoms with E-state index in [1.165, 1.54) is 7.11 Å². The fourth-order valence-electron chi connectivity index (χ4n) is 4.84. The molecule has 3 aromatic rings. The molecule has 1 aliphatic rings. The zero-order chi connectivity index (χ0) is 30.1. The van der Waals surface area contributed by atoms with Gasteiger partial charge in [0.15, 0.2) is 24.1 Å².